The summed E-state index contributed by atoms with van der Waals surface area (Å²) in [5.41, 5.74) is 2.70. The minimum atomic E-state index is -0.0680. The van der Waals surface area contributed by atoms with Crippen LogP contribution in [-0.4, -0.2) is 5.60 Å². The quantitative estimate of drug-likeness (QED) is 0.625. The van der Waals surface area contributed by atoms with E-state index in [1.807, 2.05) is 0 Å². The van der Waals surface area contributed by atoms with Crippen molar-refractivity contribution in [2.24, 2.45) is 5.41 Å². The predicted octanol–water partition coefficient (Wildman–Crippen LogP) is 3.73. The van der Waals surface area contributed by atoms with Crippen molar-refractivity contribution in [2.75, 3.05) is 0 Å². The second-order valence-electron chi connectivity index (χ2n) is 5.82. The van der Waals surface area contributed by atoms with Gasteiger partial charge in [0.25, 0.3) is 0 Å². The van der Waals surface area contributed by atoms with Gasteiger partial charge in [-0.2, -0.15) is 0 Å². The van der Waals surface area contributed by atoms with Crippen LogP contribution in [0.4, 0.5) is 0 Å². The third-order valence-electron chi connectivity index (χ3n) is 3.74. The lowest BCUT2D eigenvalue weighted by Crippen LogP contribution is -2.44. The van der Waals surface area contributed by atoms with Crippen LogP contribution >= 0.6 is 0 Å². The zero-order valence-corrected chi connectivity index (χ0v) is 10.3. The second-order valence-corrected chi connectivity index (χ2v) is 5.82. The molecule has 0 saturated carbocycles. The molecule has 82 valence electrons. The average molecular weight is 204 g/mol. The van der Waals surface area contributed by atoms with Crippen LogP contribution in [0.1, 0.15) is 38.8 Å². The molecular formula is C14H20O. The van der Waals surface area contributed by atoms with Crippen molar-refractivity contribution in [1.82, 2.24) is 0 Å². The molecule has 0 bridgehead atoms. The summed E-state index contributed by atoms with van der Waals surface area (Å²) in [7, 11) is 0. The molecule has 15 heavy (non-hydrogen) atoms. The standard InChI is InChI=1S/C14H20O/c1-10-7-6-8-11-9-14(5,13(2,3)4)15-12(10)11/h6-8H,9H2,1-5H3. The van der Waals surface area contributed by atoms with Crippen LogP contribution in [0, 0.1) is 12.3 Å². The first-order valence-electron chi connectivity index (χ1n) is 5.61. The van der Waals surface area contributed by atoms with Gasteiger partial charge in [0.05, 0.1) is 0 Å². The number of para-hydroxylation sites is 1. The average Bonchev–Trinajstić information content (AvgIpc) is 2.43. The molecule has 1 aliphatic heterocycles. The van der Waals surface area contributed by atoms with Crippen molar-refractivity contribution < 1.29 is 4.74 Å². The van der Waals surface area contributed by atoms with E-state index < -0.39 is 0 Å². The van der Waals surface area contributed by atoms with E-state index in [4.69, 9.17) is 4.74 Å². The molecule has 1 nitrogen and oxygen atoms in total. The number of aryl methyl sites for hydroxylation is 1. The van der Waals surface area contributed by atoms with Gasteiger partial charge in [-0.1, -0.05) is 39.0 Å². The lowest BCUT2D eigenvalue weighted by Gasteiger charge is -2.37. The van der Waals surface area contributed by atoms with Crippen LogP contribution in [0.25, 0.3) is 0 Å². The first-order valence-corrected chi connectivity index (χ1v) is 5.61. The fraction of sp³-hybridized carbons (Fsp3) is 0.571. The predicted molar refractivity (Wildman–Crippen MR) is 63.4 cm³/mol. The minimum Gasteiger partial charge on any atom is -0.486 e. The monoisotopic (exact) mass is 204 g/mol. The van der Waals surface area contributed by atoms with Crippen LogP contribution in [0.15, 0.2) is 18.2 Å². The Labute approximate surface area is 92.5 Å². The molecule has 1 aromatic carbocycles. The maximum atomic E-state index is 6.19. The van der Waals surface area contributed by atoms with Crippen molar-refractivity contribution >= 4 is 0 Å². The van der Waals surface area contributed by atoms with Gasteiger partial charge in [-0.3, -0.25) is 0 Å². The SMILES string of the molecule is Cc1cccc2c1OC(C)(C(C)(C)C)C2. The lowest BCUT2D eigenvalue weighted by atomic mass is 9.75. The van der Waals surface area contributed by atoms with Gasteiger partial charge in [-0.15, -0.1) is 0 Å². The van der Waals surface area contributed by atoms with Crippen LogP contribution in [-0.2, 0) is 6.42 Å². The van der Waals surface area contributed by atoms with Crippen LogP contribution < -0.4 is 4.74 Å². The molecule has 1 atom stereocenters. The van der Waals surface area contributed by atoms with Gasteiger partial charge in [0.15, 0.2) is 0 Å². The Bertz CT molecular complexity index is 387. The number of ether oxygens (including phenoxy) is 1. The summed E-state index contributed by atoms with van der Waals surface area (Å²) in [6, 6.07) is 6.42. The molecule has 2 rings (SSSR count). The molecule has 0 N–H and O–H groups in total. The molecule has 0 radical (unpaired) electrons. The maximum absolute atomic E-state index is 6.19. The summed E-state index contributed by atoms with van der Waals surface area (Å²) in [6.07, 6.45) is 1.02. The largest absolute Gasteiger partial charge is 0.486 e. The highest BCUT2D eigenvalue weighted by Gasteiger charge is 2.44. The van der Waals surface area contributed by atoms with E-state index in [1.165, 1.54) is 11.1 Å². The topological polar surface area (TPSA) is 9.23 Å². The van der Waals surface area contributed by atoms with Gasteiger partial charge in [0.2, 0.25) is 0 Å². The van der Waals surface area contributed by atoms with Gasteiger partial charge in [0.1, 0.15) is 11.4 Å². The van der Waals surface area contributed by atoms with E-state index in [-0.39, 0.29) is 11.0 Å². The van der Waals surface area contributed by atoms with E-state index in [1.54, 1.807) is 0 Å². The van der Waals surface area contributed by atoms with E-state index in [9.17, 15) is 0 Å². The van der Waals surface area contributed by atoms with Crippen molar-refractivity contribution in [3.05, 3.63) is 29.3 Å². The third-order valence-corrected chi connectivity index (χ3v) is 3.74. The molecule has 0 aliphatic carbocycles. The van der Waals surface area contributed by atoms with Gasteiger partial charge in [0, 0.05) is 11.8 Å². The molecule has 0 fully saturated rings. The van der Waals surface area contributed by atoms with Gasteiger partial charge in [-0.05, 0) is 25.0 Å². The summed E-state index contributed by atoms with van der Waals surface area (Å²) in [5, 5.41) is 0. The Morgan fingerprint density at radius 3 is 2.47 bits per heavy atom. The van der Waals surface area contributed by atoms with Crippen molar-refractivity contribution in [3.8, 4) is 5.75 Å². The molecule has 1 aliphatic rings. The van der Waals surface area contributed by atoms with Crippen molar-refractivity contribution in [3.63, 3.8) is 0 Å². The first kappa shape index (κ1) is 10.5. The highest BCUT2D eigenvalue weighted by molar-refractivity contribution is 5.45. The molecule has 1 heteroatoms. The highest BCUT2D eigenvalue weighted by atomic mass is 16.5. The van der Waals surface area contributed by atoms with Crippen LogP contribution in [0.5, 0.6) is 5.75 Å². The Morgan fingerprint density at radius 2 is 1.93 bits per heavy atom. The molecule has 1 unspecified atom stereocenters. The molecule has 0 saturated heterocycles. The number of hydrogen-bond acceptors (Lipinski definition) is 1. The molecule has 1 heterocycles. The zero-order chi connectivity index (χ0) is 11.3. The van der Waals surface area contributed by atoms with E-state index in [0.29, 0.717) is 0 Å². The van der Waals surface area contributed by atoms with E-state index >= 15 is 0 Å². The summed E-state index contributed by atoms with van der Waals surface area (Å²) in [5.74, 6) is 1.11. The smallest absolute Gasteiger partial charge is 0.126 e. The van der Waals surface area contributed by atoms with Crippen molar-refractivity contribution in [2.45, 2.75) is 46.6 Å². The number of fused-ring (bicyclic) bond motifs is 1. The molecule has 1 aromatic rings. The Hall–Kier alpha value is -0.980. The fourth-order valence-corrected chi connectivity index (χ4v) is 2.04. The van der Waals surface area contributed by atoms with Crippen LogP contribution in [0.2, 0.25) is 0 Å². The maximum Gasteiger partial charge on any atom is 0.126 e. The van der Waals surface area contributed by atoms with Gasteiger partial charge >= 0.3 is 0 Å². The third kappa shape index (κ3) is 1.54. The lowest BCUT2D eigenvalue weighted by molar-refractivity contribution is 0.00313. The Balaban J connectivity index is 2.42. The van der Waals surface area contributed by atoms with Gasteiger partial charge < -0.3 is 4.74 Å². The van der Waals surface area contributed by atoms with E-state index in [0.717, 1.165) is 12.2 Å². The van der Waals surface area contributed by atoms with Crippen molar-refractivity contribution in [1.29, 1.82) is 0 Å². The fourth-order valence-electron chi connectivity index (χ4n) is 2.04. The van der Waals surface area contributed by atoms with E-state index in [2.05, 4.69) is 52.8 Å². The summed E-state index contributed by atoms with van der Waals surface area (Å²) >= 11 is 0. The summed E-state index contributed by atoms with van der Waals surface area (Å²) in [6.45, 7) is 11.1. The first-order chi connectivity index (χ1) is 6.83. The number of benzene rings is 1. The van der Waals surface area contributed by atoms with Gasteiger partial charge in [-0.25, -0.2) is 0 Å². The Kier molecular flexibility index (Phi) is 2.11. The molecular weight excluding hydrogens is 184 g/mol. The highest BCUT2D eigenvalue weighted by Crippen LogP contribution is 2.45. The minimum absolute atomic E-state index is 0.0680. The summed E-state index contributed by atoms with van der Waals surface area (Å²) in [4.78, 5) is 0. The Morgan fingerprint density at radius 1 is 1.27 bits per heavy atom. The zero-order valence-electron chi connectivity index (χ0n) is 10.3. The molecule has 0 aromatic heterocycles. The normalized spacial score (nSPS) is 24.9. The number of hydrogen-bond donors (Lipinski definition) is 0. The number of rotatable bonds is 0. The molecule has 0 spiro atoms. The summed E-state index contributed by atoms with van der Waals surface area (Å²) < 4.78 is 6.19. The molecule has 0 amide bonds. The second kappa shape index (κ2) is 3.01. The van der Waals surface area contributed by atoms with Crippen LogP contribution in [0.3, 0.4) is 0 Å².